The largest absolute Gasteiger partial charge is 0.496 e. The molecule has 0 bridgehead atoms. The van der Waals surface area contributed by atoms with Crippen LogP contribution in [0.2, 0.25) is 0 Å². The molecule has 0 saturated heterocycles. The van der Waals surface area contributed by atoms with Crippen molar-refractivity contribution in [2.75, 3.05) is 7.11 Å². The van der Waals surface area contributed by atoms with Crippen LogP contribution in [0.4, 0.5) is 0 Å². The quantitative estimate of drug-likeness (QED) is 0.531. The number of aromatic nitrogens is 1. The van der Waals surface area contributed by atoms with Crippen molar-refractivity contribution in [2.24, 2.45) is 0 Å². The maximum atomic E-state index is 5.69. The molecule has 1 N–H and O–H groups in total. The molecule has 0 amide bonds. The second-order valence-corrected chi connectivity index (χ2v) is 5.54. The Morgan fingerprint density at radius 3 is 2.36 bits per heavy atom. The van der Waals surface area contributed by atoms with Crippen molar-refractivity contribution in [3.05, 3.63) is 66.2 Å². The number of nitrogens with one attached hydrogen (secondary N) is 1. The highest BCUT2D eigenvalue weighted by Gasteiger charge is 2.15. The molecule has 0 aliphatic heterocycles. The first-order chi connectivity index (χ1) is 10.8. The Morgan fingerprint density at radius 2 is 1.59 bits per heavy atom. The van der Waals surface area contributed by atoms with Gasteiger partial charge in [-0.1, -0.05) is 48.5 Å². The van der Waals surface area contributed by atoms with Crippen molar-refractivity contribution < 1.29 is 4.74 Å². The van der Waals surface area contributed by atoms with Gasteiger partial charge < -0.3 is 9.72 Å². The number of para-hydroxylation sites is 1. The van der Waals surface area contributed by atoms with Crippen LogP contribution in [0.3, 0.4) is 0 Å². The molecule has 0 aliphatic rings. The predicted octanol–water partition coefficient (Wildman–Crippen LogP) is 5.31. The number of fused-ring (bicyclic) bond motifs is 3. The lowest BCUT2D eigenvalue weighted by Gasteiger charge is -2.13. The fraction of sp³-hybridized carbons (Fsp3) is 0.100. The topological polar surface area (TPSA) is 25.0 Å². The van der Waals surface area contributed by atoms with E-state index in [0.717, 1.165) is 16.8 Å². The minimum atomic E-state index is 0.918. The zero-order valence-corrected chi connectivity index (χ0v) is 12.7. The SMILES string of the molecule is COc1cc2c([nH]c3ccccc32)c(C)c1-c1ccccc1. The lowest BCUT2D eigenvalue weighted by molar-refractivity contribution is 0.417. The molecule has 2 nitrogen and oxygen atoms in total. The van der Waals surface area contributed by atoms with Crippen LogP contribution in [0.25, 0.3) is 32.9 Å². The van der Waals surface area contributed by atoms with E-state index in [2.05, 4.69) is 66.5 Å². The van der Waals surface area contributed by atoms with E-state index in [1.807, 2.05) is 6.07 Å². The molecular formula is C20H17NO. The average molecular weight is 287 g/mol. The molecule has 0 aliphatic carbocycles. The summed E-state index contributed by atoms with van der Waals surface area (Å²) in [5, 5.41) is 2.45. The number of H-pyrrole nitrogens is 1. The fourth-order valence-electron chi connectivity index (χ4n) is 3.25. The summed E-state index contributed by atoms with van der Waals surface area (Å²) in [5.41, 5.74) is 5.89. The summed E-state index contributed by atoms with van der Waals surface area (Å²) >= 11 is 0. The molecule has 108 valence electrons. The van der Waals surface area contributed by atoms with Gasteiger partial charge in [-0.25, -0.2) is 0 Å². The lowest BCUT2D eigenvalue weighted by atomic mass is 9.96. The Bertz CT molecular complexity index is 967. The Morgan fingerprint density at radius 1 is 0.864 bits per heavy atom. The van der Waals surface area contributed by atoms with Crippen LogP contribution >= 0.6 is 0 Å². The Labute approximate surface area is 129 Å². The third-order valence-corrected chi connectivity index (χ3v) is 4.30. The van der Waals surface area contributed by atoms with Gasteiger partial charge in [-0.2, -0.15) is 0 Å². The standard InChI is InChI=1S/C20H17NO/c1-13-19(14-8-4-3-5-9-14)18(22-2)12-16-15-10-6-7-11-17(15)21-20(13)16/h3-12,21H,1-2H3. The van der Waals surface area contributed by atoms with Gasteiger partial charge in [-0.15, -0.1) is 0 Å². The van der Waals surface area contributed by atoms with Crippen molar-refractivity contribution in [3.8, 4) is 16.9 Å². The summed E-state index contributed by atoms with van der Waals surface area (Å²) in [6, 6.07) is 20.9. The van der Waals surface area contributed by atoms with Crippen molar-refractivity contribution in [1.82, 2.24) is 4.98 Å². The first-order valence-corrected chi connectivity index (χ1v) is 7.43. The Kier molecular flexibility index (Phi) is 2.90. The van der Waals surface area contributed by atoms with E-state index >= 15 is 0 Å². The van der Waals surface area contributed by atoms with E-state index < -0.39 is 0 Å². The second kappa shape index (κ2) is 4.92. The number of methoxy groups -OCH3 is 1. The smallest absolute Gasteiger partial charge is 0.127 e. The number of rotatable bonds is 2. The number of aromatic amines is 1. The van der Waals surface area contributed by atoms with Gasteiger partial charge in [-0.3, -0.25) is 0 Å². The fourth-order valence-corrected chi connectivity index (χ4v) is 3.25. The zero-order chi connectivity index (χ0) is 15.1. The second-order valence-electron chi connectivity index (χ2n) is 5.54. The van der Waals surface area contributed by atoms with E-state index in [0.29, 0.717) is 0 Å². The minimum Gasteiger partial charge on any atom is -0.496 e. The maximum Gasteiger partial charge on any atom is 0.127 e. The molecular weight excluding hydrogens is 270 g/mol. The molecule has 4 aromatic rings. The summed E-state index contributed by atoms with van der Waals surface area (Å²) in [4.78, 5) is 3.55. The van der Waals surface area contributed by atoms with Crippen LogP contribution in [0.15, 0.2) is 60.7 Å². The molecule has 0 radical (unpaired) electrons. The van der Waals surface area contributed by atoms with E-state index in [-0.39, 0.29) is 0 Å². The minimum absolute atomic E-state index is 0.918. The van der Waals surface area contributed by atoms with Gasteiger partial charge in [0.2, 0.25) is 0 Å². The molecule has 1 aromatic heterocycles. The lowest BCUT2D eigenvalue weighted by Crippen LogP contribution is -1.92. The number of aryl methyl sites for hydroxylation is 1. The van der Waals surface area contributed by atoms with Gasteiger partial charge >= 0.3 is 0 Å². The maximum absolute atomic E-state index is 5.69. The monoisotopic (exact) mass is 287 g/mol. The van der Waals surface area contributed by atoms with Gasteiger partial charge in [0.1, 0.15) is 5.75 Å². The molecule has 0 saturated carbocycles. The van der Waals surface area contributed by atoms with Crippen LogP contribution in [-0.4, -0.2) is 12.1 Å². The summed E-state index contributed by atoms with van der Waals surface area (Å²) in [7, 11) is 1.74. The van der Waals surface area contributed by atoms with Crippen molar-refractivity contribution in [1.29, 1.82) is 0 Å². The van der Waals surface area contributed by atoms with E-state index in [1.54, 1.807) is 7.11 Å². The number of benzene rings is 3. The highest BCUT2D eigenvalue weighted by molar-refractivity contribution is 6.10. The summed E-state index contributed by atoms with van der Waals surface area (Å²) in [5.74, 6) is 0.918. The molecule has 2 heteroatoms. The molecule has 4 rings (SSSR count). The molecule has 1 heterocycles. The summed E-state index contributed by atoms with van der Waals surface area (Å²) < 4.78 is 5.69. The number of hydrogen-bond acceptors (Lipinski definition) is 1. The Balaban J connectivity index is 2.13. The Hall–Kier alpha value is -2.74. The first-order valence-electron chi connectivity index (χ1n) is 7.43. The van der Waals surface area contributed by atoms with Crippen molar-refractivity contribution >= 4 is 21.8 Å². The highest BCUT2D eigenvalue weighted by Crippen LogP contribution is 2.40. The number of ether oxygens (including phenoxy) is 1. The van der Waals surface area contributed by atoms with Crippen molar-refractivity contribution in [2.45, 2.75) is 6.92 Å². The summed E-state index contributed by atoms with van der Waals surface area (Å²) in [6.07, 6.45) is 0. The van der Waals surface area contributed by atoms with Gasteiger partial charge in [0.15, 0.2) is 0 Å². The average Bonchev–Trinajstić information content (AvgIpc) is 2.94. The number of hydrogen-bond donors (Lipinski definition) is 1. The third-order valence-electron chi connectivity index (χ3n) is 4.30. The van der Waals surface area contributed by atoms with Crippen molar-refractivity contribution in [3.63, 3.8) is 0 Å². The van der Waals surface area contributed by atoms with Gasteiger partial charge in [0, 0.05) is 21.9 Å². The predicted molar refractivity (Wildman–Crippen MR) is 92.5 cm³/mol. The van der Waals surface area contributed by atoms with Crippen LogP contribution in [-0.2, 0) is 0 Å². The zero-order valence-electron chi connectivity index (χ0n) is 12.7. The highest BCUT2D eigenvalue weighted by atomic mass is 16.5. The van der Waals surface area contributed by atoms with Crippen LogP contribution in [0.1, 0.15) is 5.56 Å². The summed E-state index contributed by atoms with van der Waals surface area (Å²) in [6.45, 7) is 2.16. The van der Waals surface area contributed by atoms with E-state index in [9.17, 15) is 0 Å². The molecule has 22 heavy (non-hydrogen) atoms. The van der Waals surface area contributed by atoms with E-state index in [4.69, 9.17) is 4.74 Å². The van der Waals surface area contributed by atoms with Crippen LogP contribution in [0.5, 0.6) is 5.75 Å². The third kappa shape index (κ3) is 1.81. The van der Waals surface area contributed by atoms with Crippen LogP contribution in [0, 0.1) is 6.92 Å². The molecule has 3 aromatic carbocycles. The van der Waals surface area contributed by atoms with Crippen LogP contribution < -0.4 is 4.74 Å². The molecule has 0 unspecified atom stereocenters. The molecule has 0 atom stereocenters. The van der Waals surface area contributed by atoms with Gasteiger partial charge in [0.05, 0.1) is 12.6 Å². The van der Waals surface area contributed by atoms with E-state index in [1.165, 1.54) is 27.4 Å². The normalized spacial score (nSPS) is 11.2. The first kappa shape index (κ1) is 13.0. The van der Waals surface area contributed by atoms with Gasteiger partial charge in [0.25, 0.3) is 0 Å². The molecule has 0 spiro atoms. The van der Waals surface area contributed by atoms with Gasteiger partial charge in [-0.05, 0) is 30.2 Å². The molecule has 0 fully saturated rings.